The molecule has 0 amide bonds. The van der Waals surface area contributed by atoms with Crippen LogP contribution in [-0.2, 0) is 14.3 Å². The summed E-state index contributed by atoms with van der Waals surface area (Å²) in [5, 5.41) is 70.3. The number of carbonyl (C=O) groups excluding carboxylic acids is 1. The highest BCUT2D eigenvalue weighted by molar-refractivity contribution is 5.88. The minimum atomic E-state index is -1.73. The number of benzene rings is 3. The van der Waals surface area contributed by atoms with Gasteiger partial charge < -0.3 is 59.4 Å². The van der Waals surface area contributed by atoms with Crippen molar-refractivity contribution in [3.05, 3.63) is 83.1 Å². The molecule has 13 heteroatoms. The van der Waals surface area contributed by atoms with Crippen LogP contribution in [0.25, 0.3) is 12.2 Å². The predicted octanol–water partition coefficient (Wildman–Crippen LogP) is 1.72. The zero-order chi connectivity index (χ0) is 31.5. The molecule has 3 aromatic carbocycles. The number of hydrogen-bond acceptors (Lipinski definition) is 13. The number of aliphatic hydroxyl groups excluding tert-OH is 4. The van der Waals surface area contributed by atoms with Gasteiger partial charge in [-0.3, -0.25) is 0 Å². The summed E-state index contributed by atoms with van der Waals surface area (Å²) in [7, 11) is 1.39. The third-order valence-corrected chi connectivity index (χ3v) is 7.00. The van der Waals surface area contributed by atoms with Gasteiger partial charge in [0, 0.05) is 23.8 Å². The number of carbonyl (C=O) groups is 1. The van der Waals surface area contributed by atoms with Crippen LogP contribution in [0, 0.1) is 0 Å². The number of rotatable bonds is 8. The molecule has 0 spiro atoms. The Morgan fingerprint density at radius 3 is 2.36 bits per heavy atom. The molecule has 0 aliphatic carbocycles. The number of aliphatic hydroxyl groups is 4. The molecular formula is C31H30O13. The number of phenolic OH excluding ortho intramolecular Hbond substituents is 3. The van der Waals surface area contributed by atoms with E-state index in [0.717, 1.165) is 6.08 Å². The molecule has 5 rings (SSSR count). The van der Waals surface area contributed by atoms with Crippen LogP contribution in [0.3, 0.4) is 0 Å². The average molecular weight is 611 g/mol. The van der Waals surface area contributed by atoms with Crippen molar-refractivity contribution in [2.45, 2.75) is 36.8 Å². The highest BCUT2D eigenvalue weighted by Crippen LogP contribution is 2.45. The van der Waals surface area contributed by atoms with Gasteiger partial charge in [-0.1, -0.05) is 18.2 Å². The lowest BCUT2D eigenvalue weighted by molar-refractivity contribution is -0.277. The summed E-state index contributed by atoms with van der Waals surface area (Å²) in [6, 6.07) is 12.9. The Labute approximate surface area is 250 Å². The molecule has 6 atom stereocenters. The SMILES string of the molecule is COc1cc(C=CC(=O)OC2=Cc3c(cc(O)cc3OC3OC(CO)C(O)C(O)C3O)OC2c2ccc(O)cc2)ccc1O. The summed E-state index contributed by atoms with van der Waals surface area (Å²) in [4.78, 5) is 13.0. The van der Waals surface area contributed by atoms with Crippen molar-refractivity contribution in [1.29, 1.82) is 0 Å². The minimum Gasteiger partial charge on any atom is -0.508 e. The second-order valence-electron chi connectivity index (χ2n) is 9.99. The van der Waals surface area contributed by atoms with E-state index in [1.165, 1.54) is 55.7 Å². The fourth-order valence-electron chi connectivity index (χ4n) is 4.69. The molecule has 1 saturated heterocycles. The highest BCUT2D eigenvalue weighted by atomic mass is 16.7. The standard InChI is InChI=1S/C31H30O13/c1-40-23-10-15(2-8-20(23)35)3-9-26(36)41-24-13-19-21(42-30(24)16-4-6-17(33)7-5-16)11-18(34)12-22(19)43-31-29(39)28(38)27(37)25(14-32)44-31/h2-13,25,27-35,37-39H,14H2,1H3. The number of aromatic hydroxyl groups is 3. The molecule has 1 fully saturated rings. The molecule has 0 bridgehead atoms. The van der Waals surface area contributed by atoms with Gasteiger partial charge in [0.15, 0.2) is 23.4 Å². The molecule has 232 valence electrons. The van der Waals surface area contributed by atoms with Gasteiger partial charge in [0.1, 0.15) is 47.4 Å². The van der Waals surface area contributed by atoms with Gasteiger partial charge >= 0.3 is 5.97 Å². The van der Waals surface area contributed by atoms with Crippen molar-refractivity contribution in [1.82, 2.24) is 0 Å². The van der Waals surface area contributed by atoms with Crippen LogP contribution in [0.1, 0.15) is 22.8 Å². The van der Waals surface area contributed by atoms with E-state index in [1.807, 2.05) is 0 Å². The normalized spacial score (nSPS) is 24.6. The third-order valence-electron chi connectivity index (χ3n) is 7.00. The first-order valence-corrected chi connectivity index (χ1v) is 13.4. The maximum Gasteiger partial charge on any atom is 0.335 e. The summed E-state index contributed by atoms with van der Waals surface area (Å²) in [5.74, 6) is -0.979. The molecule has 6 unspecified atom stereocenters. The van der Waals surface area contributed by atoms with Crippen molar-refractivity contribution in [3.8, 4) is 34.5 Å². The van der Waals surface area contributed by atoms with Crippen molar-refractivity contribution in [3.63, 3.8) is 0 Å². The topological polar surface area (TPSA) is 205 Å². The summed E-state index contributed by atoms with van der Waals surface area (Å²) in [6.07, 6.45) is -4.86. The van der Waals surface area contributed by atoms with Crippen LogP contribution >= 0.6 is 0 Å². The Morgan fingerprint density at radius 1 is 0.909 bits per heavy atom. The summed E-state index contributed by atoms with van der Waals surface area (Å²) < 4.78 is 28.1. The van der Waals surface area contributed by atoms with Gasteiger partial charge in [0.05, 0.1) is 19.3 Å². The van der Waals surface area contributed by atoms with Crippen molar-refractivity contribution in [2.75, 3.05) is 13.7 Å². The number of methoxy groups -OCH3 is 1. The Morgan fingerprint density at radius 2 is 1.66 bits per heavy atom. The maximum atomic E-state index is 13.0. The molecule has 2 heterocycles. The van der Waals surface area contributed by atoms with Gasteiger partial charge in [0.2, 0.25) is 6.29 Å². The van der Waals surface area contributed by atoms with E-state index in [0.29, 0.717) is 11.1 Å². The fraction of sp³-hybridized carbons (Fsp3) is 0.258. The van der Waals surface area contributed by atoms with Gasteiger partial charge in [0.25, 0.3) is 0 Å². The second kappa shape index (κ2) is 12.8. The molecule has 7 N–H and O–H groups in total. The first-order valence-electron chi connectivity index (χ1n) is 13.4. The average Bonchev–Trinajstić information content (AvgIpc) is 3.01. The Hall–Kier alpha value is -4.79. The van der Waals surface area contributed by atoms with E-state index in [-0.39, 0.29) is 45.8 Å². The zero-order valence-electron chi connectivity index (χ0n) is 23.2. The first-order chi connectivity index (χ1) is 21.1. The lowest BCUT2D eigenvalue weighted by Crippen LogP contribution is -2.60. The number of fused-ring (bicyclic) bond motifs is 1. The summed E-state index contributed by atoms with van der Waals surface area (Å²) >= 11 is 0. The molecular weight excluding hydrogens is 580 g/mol. The lowest BCUT2D eigenvalue weighted by atomic mass is 9.99. The molecule has 2 aliphatic heterocycles. The van der Waals surface area contributed by atoms with Gasteiger partial charge in [-0.15, -0.1) is 0 Å². The maximum absolute atomic E-state index is 13.0. The number of esters is 1. The molecule has 44 heavy (non-hydrogen) atoms. The van der Waals surface area contributed by atoms with Crippen LogP contribution in [0.5, 0.6) is 34.5 Å². The summed E-state index contributed by atoms with van der Waals surface area (Å²) in [5.41, 5.74) is 1.20. The van der Waals surface area contributed by atoms with E-state index < -0.39 is 49.4 Å². The predicted molar refractivity (Wildman–Crippen MR) is 152 cm³/mol. The Bertz CT molecular complexity index is 1560. The quantitative estimate of drug-likeness (QED) is 0.144. The third kappa shape index (κ3) is 6.41. The number of ether oxygens (including phenoxy) is 5. The molecule has 0 saturated carbocycles. The van der Waals surface area contributed by atoms with E-state index in [9.17, 15) is 40.5 Å². The van der Waals surface area contributed by atoms with Crippen LogP contribution in [0.2, 0.25) is 0 Å². The van der Waals surface area contributed by atoms with Gasteiger partial charge in [-0.05, 0) is 42.0 Å². The largest absolute Gasteiger partial charge is 0.508 e. The van der Waals surface area contributed by atoms with Crippen LogP contribution in [0.4, 0.5) is 0 Å². The van der Waals surface area contributed by atoms with Crippen molar-refractivity contribution < 1.29 is 64.2 Å². The van der Waals surface area contributed by atoms with Crippen LogP contribution in [-0.4, -0.2) is 86.1 Å². The molecule has 0 aromatic heterocycles. The second-order valence-corrected chi connectivity index (χ2v) is 9.99. The lowest BCUT2D eigenvalue weighted by Gasteiger charge is -2.40. The molecule has 13 nitrogen and oxygen atoms in total. The van der Waals surface area contributed by atoms with E-state index in [4.69, 9.17) is 23.7 Å². The van der Waals surface area contributed by atoms with Crippen LogP contribution in [0.15, 0.2) is 66.4 Å². The zero-order valence-corrected chi connectivity index (χ0v) is 23.2. The molecule has 2 aliphatic rings. The Kier molecular flexibility index (Phi) is 8.94. The first kappa shape index (κ1) is 30.7. The van der Waals surface area contributed by atoms with E-state index >= 15 is 0 Å². The van der Waals surface area contributed by atoms with Gasteiger partial charge in [-0.2, -0.15) is 0 Å². The highest BCUT2D eigenvalue weighted by Gasteiger charge is 2.45. The van der Waals surface area contributed by atoms with E-state index in [2.05, 4.69) is 0 Å². The number of phenols is 3. The summed E-state index contributed by atoms with van der Waals surface area (Å²) in [6.45, 7) is -0.676. The van der Waals surface area contributed by atoms with E-state index in [1.54, 1.807) is 18.2 Å². The van der Waals surface area contributed by atoms with Gasteiger partial charge in [-0.25, -0.2) is 4.79 Å². The van der Waals surface area contributed by atoms with Crippen molar-refractivity contribution >= 4 is 18.1 Å². The number of hydrogen-bond donors (Lipinski definition) is 7. The fourth-order valence-corrected chi connectivity index (χ4v) is 4.69. The molecule has 0 radical (unpaired) electrons. The minimum absolute atomic E-state index is 0.00685. The monoisotopic (exact) mass is 610 g/mol. The molecule has 3 aromatic rings. The Balaban J connectivity index is 1.48. The smallest absolute Gasteiger partial charge is 0.335 e. The van der Waals surface area contributed by atoms with Crippen LogP contribution < -0.4 is 14.2 Å². The van der Waals surface area contributed by atoms with Crippen molar-refractivity contribution in [2.24, 2.45) is 0 Å².